The normalized spacial score (nSPS) is 14.7. The van der Waals surface area contributed by atoms with Crippen LogP contribution in [0.1, 0.15) is 23.6 Å². The first-order valence-electron chi connectivity index (χ1n) is 6.36. The van der Waals surface area contributed by atoms with E-state index in [4.69, 9.17) is 0 Å². The van der Waals surface area contributed by atoms with Crippen molar-refractivity contribution in [3.63, 3.8) is 0 Å². The van der Waals surface area contributed by atoms with Crippen LogP contribution >= 0.6 is 0 Å². The van der Waals surface area contributed by atoms with Crippen molar-refractivity contribution in [2.75, 3.05) is 0 Å². The van der Waals surface area contributed by atoms with E-state index in [1.54, 1.807) is 19.1 Å². The van der Waals surface area contributed by atoms with Gasteiger partial charge in [-0.05, 0) is 42.3 Å². The van der Waals surface area contributed by atoms with E-state index in [1.807, 2.05) is 0 Å². The van der Waals surface area contributed by atoms with Gasteiger partial charge >= 0.3 is 6.18 Å². The second-order valence-corrected chi connectivity index (χ2v) is 5.19. The second-order valence-electron chi connectivity index (χ2n) is 5.19. The number of hydrogen-bond donors (Lipinski definition) is 2. The van der Waals surface area contributed by atoms with Gasteiger partial charge in [-0.3, -0.25) is 0 Å². The molecular weight excluding hydrogens is 281 g/mol. The molecule has 2 aromatic rings. The zero-order chi connectivity index (χ0) is 15.7. The van der Waals surface area contributed by atoms with Gasteiger partial charge in [0.25, 0.3) is 0 Å². The third-order valence-corrected chi connectivity index (χ3v) is 3.32. The van der Waals surface area contributed by atoms with E-state index in [0.717, 1.165) is 12.1 Å². The van der Waals surface area contributed by atoms with Crippen molar-refractivity contribution in [2.45, 2.75) is 25.1 Å². The van der Waals surface area contributed by atoms with Gasteiger partial charge in [0.15, 0.2) is 0 Å². The van der Waals surface area contributed by atoms with Gasteiger partial charge < -0.3 is 10.2 Å². The molecule has 21 heavy (non-hydrogen) atoms. The molecule has 0 aliphatic carbocycles. The molecule has 2 N–H and O–H groups in total. The molecule has 2 aromatic carbocycles. The first-order valence-corrected chi connectivity index (χ1v) is 6.36. The quantitative estimate of drug-likeness (QED) is 0.903. The lowest BCUT2D eigenvalue weighted by molar-refractivity contribution is -0.137. The predicted molar refractivity (Wildman–Crippen MR) is 72.8 cm³/mol. The molecule has 5 heteroatoms. The summed E-state index contributed by atoms with van der Waals surface area (Å²) >= 11 is 0. The first-order chi connectivity index (χ1) is 9.68. The Hall–Kier alpha value is -2.01. The van der Waals surface area contributed by atoms with Gasteiger partial charge in [-0.25, -0.2) is 0 Å². The van der Waals surface area contributed by atoms with Crippen LogP contribution in [0.5, 0.6) is 5.75 Å². The molecule has 0 amide bonds. The SMILES string of the molecule is CC(O)(Cc1ccc(C(F)(F)F)cc1)c1ccc(O)cc1. The molecule has 0 aliphatic heterocycles. The lowest BCUT2D eigenvalue weighted by atomic mass is 9.89. The summed E-state index contributed by atoms with van der Waals surface area (Å²) < 4.78 is 37.5. The van der Waals surface area contributed by atoms with Crippen molar-refractivity contribution in [1.82, 2.24) is 0 Å². The molecule has 0 saturated heterocycles. The third-order valence-electron chi connectivity index (χ3n) is 3.32. The molecule has 0 aromatic heterocycles. The minimum absolute atomic E-state index is 0.0871. The molecule has 0 heterocycles. The Morgan fingerprint density at radius 3 is 1.81 bits per heavy atom. The van der Waals surface area contributed by atoms with Crippen LogP contribution in [0.3, 0.4) is 0 Å². The first kappa shape index (κ1) is 15.4. The highest BCUT2D eigenvalue weighted by Gasteiger charge is 2.30. The van der Waals surface area contributed by atoms with Gasteiger partial charge in [-0.2, -0.15) is 13.2 Å². The molecule has 0 fully saturated rings. The summed E-state index contributed by atoms with van der Waals surface area (Å²) in [5.74, 6) is 0.0871. The van der Waals surface area contributed by atoms with Crippen LogP contribution in [-0.2, 0) is 18.2 Å². The van der Waals surface area contributed by atoms with Crippen molar-refractivity contribution in [2.24, 2.45) is 0 Å². The van der Waals surface area contributed by atoms with Crippen molar-refractivity contribution < 1.29 is 23.4 Å². The molecule has 1 atom stereocenters. The zero-order valence-electron chi connectivity index (χ0n) is 11.4. The van der Waals surface area contributed by atoms with E-state index in [2.05, 4.69) is 0 Å². The maximum Gasteiger partial charge on any atom is 0.416 e. The van der Waals surface area contributed by atoms with Gasteiger partial charge in [0.05, 0.1) is 11.2 Å². The summed E-state index contributed by atoms with van der Waals surface area (Å²) in [6.07, 6.45) is -4.19. The number of phenols is 1. The predicted octanol–water partition coefficient (Wildman–Crippen LogP) is 3.86. The Kier molecular flexibility index (Phi) is 3.96. The summed E-state index contributed by atoms with van der Waals surface area (Å²) in [6, 6.07) is 10.8. The molecule has 2 rings (SSSR count). The van der Waals surface area contributed by atoms with Gasteiger partial charge in [-0.15, -0.1) is 0 Å². The van der Waals surface area contributed by atoms with Crippen LogP contribution in [-0.4, -0.2) is 10.2 Å². The van der Waals surface area contributed by atoms with E-state index in [-0.39, 0.29) is 12.2 Å². The van der Waals surface area contributed by atoms with Crippen LogP contribution < -0.4 is 0 Å². The fourth-order valence-corrected chi connectivity index (χ4v) is 2.13. The maximum absolute atomic E-state index is 12.5. The Morgan fingerprint density at radius 2 is 1.33 bits per heavy atom. The number of phenolic OH excluding ortho intramolecular Hbond substituents is 1. The van der Waals surface area contributed by atoms with Crippen LogP contribution in [0.25, 0.3) is 0 Å². The van der Waals surface area contributed by atoms with Crippen LogP contribution in [0.2, 0.25) is 0 Å². The lowest BCUT2D eigenvalue weighted by Gasteiger charge is -2.24. The average molecular weight is 296 g/mol. The third kappa shape index (κ3) is 3.76. The molecule has 1 unspecified atom stereocenters. The highest BCUT2D eigenvalue weighted by molar-refractivity contribution is 5.32. The summed E-state index contributed by atoms with van der Waals surface area (Å²) in [5, 5.41) is 19.7. The van der Waals surface area contributed by atoms with E-state index in [0.29, 0.717) is 11.1 Å². The standard InChI is InChI=1S/C16H15F3O2/c1-15(21,12-6-8-14(20)9-7-12)10-11-2-4-13(5-3-11)16(17,18)19/h2-9,20-21H,10H2,1H3. The number of rotatable bonds is 3. The molecule has 0 bridgehead atoms. The van der Waals surface area contributed by atoms with Gasteiger partial charge in [0.1, 0.15) is 5.75 Å². The summed E-state index contributed by atoms with van der Waals surface area (Å²) in [6.45, 7) is 1.58. The topological polar surface area (TPSA) is 40.5 Å². The largest absolute Gasteiger partial charge is 0.508 e. The van der Waals surface area contributed by atoms with E-state index in [9.17, 15) is 23.4 Å². The number of aromatic hydroxyl groups is 1. The lowest BCUT2D eigenvalue weighted by Crippen LogP contribution is -2.24. The molecular formula is C16H15F3O2. The van der Waals surface area contributed by atoms with Crippen molar-refractivity contribution >= 4 is 0 Å². The Balaban J connectivity index is 2.18. The Labute approximate surface area is 120 Å². The van der Waals surface area contributed by atoms with E-state index in [1.165, 1.54) is 24.3 Å². The summed E-state index contributed by atoms with van der Waals surface area (Å²) in [4.78, 5) is 0. The van der Waals surface area contributed by atoms with E-state index >= 15 is 0 Å². The Morgan fingerprint density at radius 1 is 0.857 bits per heavy atom. The van der Waals surface area contributed by atoms with Crippen molar-refractivity contribution in [3.05, 3.63) is 65.2 Å². The molecule has 112 valence electrons. The summed E-state index contributed by atoms with van der Waals surface area (Å²) in [7, 11) is 0. The molecule has 0 radical (unpaired) electrons. The minimum Gasteiger partial charge on any atom is -0.508 e. The molecule has 0 spiro atoms. The van der Waals surface area contributed by atoms with Crippen LogP contribution in [0.15, 0.2) is 48.5 Å². The fourth-order valence-electron chi connectivity index (χ4n) is 2.13. The number of aliphatic hydroxyl groups is 1. The molecule has 0 saturated carbocycles. The monoisotopic (exact) mass is 296 g/mol. The van der Waals surface area contributed by atoms with Crippen LogP contribution in [0, 0.1) is 0 Å². The summed E-state index contributed by atoms with van der Waals surface area (Å²) in [5.41, 5.74) is -0.759. The van der Waals surface area contributed by atoms with Crippen LogP contribution in [0.4, 0.5) is 13.2 Å². The number of halogens is 3. The second kappa shape index (κ2) is 5.41. The number of hydrogen-bond acceptors (Lipinski definition) is 2. The van der Waals surface area contributed by atoms with Gasteiger partial charge in [0, 0.05) is 6.42 Å². The van der Waals surface area contributed by atoms with Gasteiger partial charge in [-0.1, -0.05) is 24.3 Å². The number of benzene rings is 2. The molecule has 2 nitrogen and oxygen atoms in total. The smallest absolute Gasteiger partial charge is 0.416 e. The van der Waals surface area contributed by atoms with Crippen molar-refractivity contribution in [1.29, 1.82) is 0 Å². The molecule has 0 aliphatic rings. The van der Waals surface area contributed by atoms with Gasteiger partial charge in [0.2, 0.25) is 0 Å². The zero-order valence-corrected chi connectivity index (χ0v) is 11.4. The van der Waals surface area contributed by atoms with E-state index < -0.39 is 17.3 Å². The fraction of sp³-hybridized carbons (Fsp3) is 0.250. The van der Waals surface area contributed by atoms with Crippen molar-refractivity contribution in [3.8, 4) is 5.75 Å². The number of alkyl halides is 3. The minimum atomic E-state index is -4.36. The average Bonchev–Trinajstić information content (AvgIpc) is 2.38. The Bertz CT molecular complexity index is 599. The highest BCUT2D eigenvalue weighted by Crippen LogP contribution is 2.31. The highest BCUT2D eigenvalue weighted by atomic mass is 19.4. The maximum atomic E-state index is 12.5.